The first-order valence-electron chi connectivity index (χ1n) is 2.67. The molecule has 0 bridgehead atoms. The fraction of sp³-hybridized carbons (Fsp3) is 0.800. The normalized spacial score (nSPS) is 34.9. The molecule has 4 heteroatoms. The number of hydrogen-bond donors (Lipinski definition) is 0. The number of carbonyl (C=O) groups is 1. The molecule has 0 aliphatic carbocycles. The van der Waals surface area contributed by atoms with Crippen LogP contribution in [0.2, 0.25) is 0 Å². The van der Waals surface area contributed by atoms with Gasteiger partial charge in [-0.1, -0.05) is 0 Å². The van der Waals surface area contributed by atoms with Gasteiger partial charge in [0, 0.05) is 0 Å². The summed E-state index contributed by atoms with van der Waals surface area (Å²) in [6, 6.07) is 0. The molecule has 9 heavy (non-hydrogen) atoms. The molecule has 0 aromatic heterocycles. The van der Waals surface area contributed by atoms with Gasteiger partial charge in [0.05, 0.1) is 10.6 Å². The topological polar surface area (TPSA) is 17.1 Å². The number of alkyl halides is 1. The van der Waals surface area contributed by atoms with E-state index in [0.29, 0.717) is 0 Å². The second kappa shape index (κ2) is 3.13. The molecule has 0 amide bonds. The van der Waals surface area contributed by atoms with Crippen LogP contribution >= 0.6 is 35.0 Å². The maximum atomic E-state index is 10.5. The molecular formula is C5H6Cl2OS. The number of hydrogen-bond acceptors (Lipinski definition) is 2. The van der Waals surface area contributed by atoms with E-state index in [1.54, 1.807) is 11.8 Å². The van der Waals surface area contributed by atoms with E-state index in [1.165, 1.54) is 0 Å². The highest BCUT2D eigenvalue weighted by Crippen LogP contribution is 2.32. The van der Waals surface area contributed by atoms with Gasteiger partial charge in [-0.3, -0.25) is 4.79 Å². The van der Waals surface area contributed by atoms with Gasteiger partial charge in [-0.25, -0.2) is 0 Å². The lowest BCUT2D eigenvalue weighted by molar-refractivity contribution is -0.111. The minimum absolute atomic E-state index is 0.0417. The lowest BCUT2D eigenvalue weighted by Crippen LogP contribution is -2.17. The molecule has 1 saturated heterocycles. The second-order valence-electron chi connectivity index (χ2n) is 1.90. The summed E-state index contributed by atoms with van der Waals surface area (Å²) in [5.41, 5.74) is 0. The van der Waals surface area contributed by atoms with Gasteiger partial charge in [0.2, 0.25) is 5.24 Å². The predicted molar refractivity (Wildman–Crippen MR) is 41.4 cm³/mol. The van der Waals surface area contributed by atoms with Crippen LogP contribution in [0, 0.1) is 0 Å². The van der Waals surface area contributed by atoms with Gasteiger partial charge < -0.3 is 0 Å². The van der Waals surface area contributed by atoms with E-state index in [1.807, 2.05) is 0 Å². The zero-order valence-electron chi connectivity index (χ0n) is 4.64. The molecule has 0 radical (unpaired) electrons. The van der Waals surface area contributed by atoms with E-state index >= 15 is 0 Å². The van der Waals surface area contributed by atoms with Crippen LogP contribution in [0.3, 0.4) is 0 Å². The summed E-state index contributed by atoms with van der Waals surface area (Å²) in [5, 5.41) is -0.508. The molecule has 1 fully saturated rings. The molecule has 2 atom stereocenters. The molecule has 0 saturated carbocycles. The van der Waals surface area contributed by atoms with Crippen LogP contribution in [-0.4, -0.2) is 21.6 Å². The van der Waals surface area contributed by atoms with E-state index in [4.69, 9.17) is 23.2 Å². The van der Waals surface area contributed by atoms with Gasteiger partial charge in [0.15, 0.2) is 0 Å². The van der Waals surface area contributed by atoms with Crippen molar-refractivity contribution < 1.29 is 4.79 Å². The lowest BCUT2D eigenvalue weighted by Gasteiger charge is -2.04. The standard InChI is InChI=1S/C5H6Cl2OS/c6-3-1-2-9-4(3)5(7)8/h3-4H,1-2H2. The Kier molecular flexibility index (Phi) is 2.68. The molecule has 1 rings (SSSR count). The van der Waals surface area contributed by atoms with Crippen LogP contribution in [0.4, 0.5) is 0 Å². The molecule has 0 aromatic carbocycles. The number of rotatable bonds is 1. The molecule has 52 valence electrons. The molecule has 2 unspecified atom stereocenters. The Hall–Kier alpha value is 0.600. The third-order valence-corrected chi connectivity index (χ3v) is 3.60. The quantitative estimate of drug-likeness (QED) is 0.458. The van der Waals surface area contributed by atoms with Crippen molar-refractivity contribution in [1.29, 1.82) is 0 Å². The zero-order chi connectivity index (χ0) is 6.85. The van der Waals surface area contributed by atoms with Crippen molar-refractivity contribution in [3.05, 3.63) is 0 Å². The molecule has 0 N–H and O–H groups in total. The first kappa shape index (κ1) is 7.70. The SMILES string of the molecule is O=C(Cl)C1SCCC1Cl. The molecule has 1 nitrogen and oxygen atoms in total. The largest absolute Gasteiger partial charge is 0.280 e. The summed E-state index contributed by atoms with van der Waals surface area (Å²) in [6.45, 7) is 0. The Balaban J connectivity index is 2.49. The van der Waals surface area contributed by atoms with Crippen molar-refractivity contribution in [2.24, 2.45) is 0 Å². The first-order chi connectivity index (χ1) is 4.22. The first-order valence-corrected chi connectivity index (χ1v) is 4.53. The highest BCUT2D eigenvalue weighted by atomic mass is 35.5. The average molecular weight is 185 g/mol. The molecule has 0 aromatic rings. The van der Waals surface area contributed by atoms with Crippen LogP contribution in [-0.2, 0) is 4.79 Å². The Morgan fingerprint density at radius 1 is 1.67 bits per heavy atom. The third-order valence-electron chi connectivity index (χ3n) is 1.24. The second-order valence-corrected chi connectivity index (χ2v) is 4.08. The van der Waals surface area contributed by atoms with Crippen molar-refractivity contribution in [3.8, 4) is 0 Å². The van der Waals surface area contributed by atoms with E-state index in [0.717, 1.165) is 12.2 Å². The van der Waals surface area contributed by atoms with E-state index in [-0.39, 0.29) is 15.9 Å². The molecule has 1 aliphatic heterocycles. The maximum absolute atomic E-state index is 10.5. The van der Waals surface area contributed by atoms with Crippen LogP contribution in [0.15, 0.2) is 0 Å². The van der Waals surface area contributed by atoms with Gasteiger partial charge >= 0.3 is 0 Å². The number of halogens is 2. The minimum Gasteiger partial charge on any atom is -0.280 e. The molecule has 0 spiro atoms. The Labute approximate surface area is 68.1 Å². The van der Waals surface area contributed by atoms with Crippen LogP contribution in [0.1, 0.15) is 6.42 Å². The van der Waals surface area contributed by atoms with Crippen LogP contribution < -0.4 is 0 Å². The van der Waals surface area contributed by atoms with Crippen LogP contribution in [0.25, 0.3) is 0 Å². The summed E-state index contributed by atoms with van der Waals surface area (Å²) in [5.74, 6) is 0.956. The fourth-order valence-corrected chi connectivity index (χ4v) is 2.87. The minimum atomic E-state index is -0.308. The summed E-state index contributed by atoms with van der Waals surface area (Å²) in [6.07, 6.45) is 0.898. The van der Waals surface area contributed by atoms with Crippen molar-refractivity contribution in [2.75, 3.05) is 5.75 Å². The van der Waals surface area contributed by atoms with Gasteiger partial charge in [0.1, 0.15) is 0 Å². The number of carbonyl (C=O) groups excluding carboxylic acids is 1. The van der Waals surface area contributed by atoms with Crippen LogP contribution in [0.5, 0.6) is 0 Å². The summed E-state index contributed by atoms with van der Waals surface area (Å²) in [4.78, 5) is 10.5. The number of thioether (sulfide) groups is 1. The van der Waals surface area contributed by atoms with Crippen molar-refractivity contribution >= 4 is 40.2 Å². The van der Waals surface area contributed by atoms with E-state index < -0.39 is 0 Å². The monoisotopic (exact) mass is 184 g/mol. The highest BCUT2D eigenvalue weighted by molar-refractivity contribution is 8.01. The Bertz CT molecular complexity index is 128. The Morgan fingerprint density at radius 2 is 2.33 bits per heavy atom. The lowest BCUT2D eigenvalue weighted by atomic mass is 10.3. The summed E-state index contributed by atoms with van der Waals surface area (Å²) >= 11 is 12.5. The molecular weight excluding hydrogens is 179 g/mol. The van der Waals surface area contributed by atoms with E-state index in [2.05, 4.69) is 0 Å². The third kappa shape index (κ3) is 1.76. The zero-order valence-corrected chi connectivity index (χ0v) is 6.97. The van der Waals surface area contributed by atoms with Crippen molar-refractivity contribution in [1.82, 2.24) is 0 Å². The smallest absolute Gasteiger partial charge is 0.236 e. The summed E-state index contributed by atoms with van der Waals surface area (Å²) in [7, 11) is 0. The summed E-state index contributed by atoms with van der Waals surface area (Å²) < 4.78 is 0. The predicted octanol–water partition coefficient (Wildman–Crippen LogP) is 1.86. The fourth-order valence-electron chi connectivity index (χ4n) is 0.771. The molecule has 1 aliphatic rings. The van der Waals surface area contributed by atoms with Gasteiger partial charge in [-0.15, -0.1) is 23.4 Å². The van der Waals surface area contributed by atoms with Gasteiger partial charge in [0.25, 0.3) is 0 Å². The van der Waals surface area contributed by atoms with E-state index in [9.17, 15) is 4.79 Å². The van der Waals surface area contributed by atoms with Gasteiger partial charge in [-0.2, -0.15) is 0 Å². The average Bonchev–Trinajstić information content (AvgIpc) is 2.13. The van der Waals surface area contributed by atoms with Crippen molar-refractivity contribution in [3.63, 3.8) is 0 Å². The van der Waals surface area contributed by atoms with Gasteiger partial charge in [-0.05, 0) is 23.8 Å². The van der Waals surface area contributed by atoms with Crippen molar-refractivity contribution in [2.45, 2.75) is 17.0 Å². The maximum Gasteiger partial charge on any atom is 0.236 e. The Morgan fingerprint density at radius 3 is 2.56 bits per heavy atom. The highest BCUT2D eigenvalue weighted by Gasteiger charge is 2.30. The molecule has 1 heterocycles.